The lowest BCUT2D eigenvalue weighted by Crippen LogP contribution is -2.45. The van der Waals surface area contributed by atoms with Gasteiger partial charge in [-0.3, -0.25) is 4.79 Å². The molecule has 0 atom stereocenters. The predicted molar refractivity (Wildman–Crippen MR) is 168 cm³/mol. The molecule has 6 heteroatoms. The molecule has 6 nitrogen and oxygen atoms in total. The van der Waals surface area contributed by atoms with Gasteiger partial charge in [-0.05, 0) is 101 Å². The Kier molecular flexibility index (Phi) is 11.5. The van der Waals surface area contributed by atoms with Gasteiger partial charge in [-0.15, -0.1) is 0 Å². The maximum Gasteiger partial charge on any atom is 0.410 e. The first-order valence-electron chi connectivity index (χ1n) is 16.1. The van der Waals surface area contributed by atoms with Crippen LogP contribution in [0.4, 0.5) is 4.79 Å². The van der Waals surface area contributed by atoms with E-state index in [4.69, 9.17) is 4.74 Å². The largest absolute Gasteiger partial charge is 0.444 e. The summed E-state index contributed by atoms with van der Waals surface area (Å²) in [6, 6.07) is 14.5. The molecule has 1 saturated carbocycles. The number of hydrogen-bond acceptors (Lipinski definition) is 4. The second kappa shape index (κ2) is 15.0. The van der Waals surface area contributed by atoms with E-state index in [1.54, 1.807) is 0 Å². The number of rotatable bonds is 11. The molecule has 2 aromatic rings. The summed E-state index contributed by atoms with van der Waals surface area (Å²) in [6.45, 7) is 11.0. The number of nitrogens with zero attached hydrogens (tertiary/aromatic N) is 3. The Morgan fingerprint density at radius 3 is 2.24 bits per heavy atom. The number of carbonyl (C=O) groups is 2. The lowest BCUT2D eigenvalue weighted by molar-refractivity contribution is -0.131. The molecule has 2 fully saturated rings. The third-order valence-corrected chi connectivity index (χ3v) is 8.83. The van der Waals surface area contributed by atoms with Crippen LogP contribution in [0.3, 0.4) is 0 Å². The van der Waals surface area contributed by atoms with Crippen LogP contribution in [-0.2, 0) is 16.0 Å². The van der Waals surface area contributed by atoms with Crippen molar-refractivity contribution in [1.82, 2.24) is 14.7 Å². The molecule has 1 aliphatic carbocycles. The van der Waals surface area contributed by atoms with Crippen LogP contribution in [0, 0.1) is 11.8 Å². The van der Waals surface area contributed by atoms with E-state index in [1.807, 2.05) is 48.8 Å². The molecule has 0 spiro atoms. The molecule has 1 saturated heterocycles. The predicted octanol–water partition coefficient (Wildman–Crippen LogP) is 7.15. The van der Waals surface area contributed by atoms with E-state index in [1.165, 1.54) is 44.0 Å². The van der Waals surface area contributed by atoms with Gasteiger partial charge >= 0.3 is 6.09 Å². The van der Waals surface area contributed by atoms with Crippen LogP contribution >= 0.6 is 0 Å². The lowest BCUT2D eigenvalue weighted by atomic mass is 9.89. The second-order valence-corrected chi connectivity index (χ2v) is 13.5. The molecule has 226 valence electrons. The van der Waals surface area contributed by atoms with Gasteiger partial charge in [0.2, 0.25) is 5.91 Å². The number of fused-ring (bicyclic) bond motifs is 1. The minimum Gasteiger partial charge on any atom is -0.444 e. The standard InChI is InChI=1S/C35H53N3O3/c1-35(2,3)41-34(40)38(22-11-10-21-36(4)26-28-13-6-5-7-14-28)27-29-19-23-37(24-20-29)33(39)25-31-17-12-16-30-15-8-9-18-32(30)31/h8-9,12,15-18,28-29H,5-7,10-11,13-14,19-27H2,1-4H3. The van der Waals surface area contributed by atoms with Crippen molar-refractivity contribution in [3.63, 3.8) is 0 Å². The summed E-state index contributed by atoms with van der Waals surface area (Å²) < 4.78 is 5.79. The maximum absolute atomic E-state index is 13.2. The van der Waals surface area contributed by atoms with Crippen molar-refractivity contribution in [1.29, 1.82) is 0 Å². The topological polar surface area (TPSA) is 53.1 Å². The maximum atomic E-state index is 13.2. The van der Waals surface area contributed by atoms with Crippen LogP contribution < -0.4 is 0 Å². The number of hydrogen-bond donors (Lipinski definition) is 0. The first-order chi connectivity index (χ1) is 19.7. The fourth-order valence-corrected chi connectivity index (χ4v) is 6.57. The summed E-state index contributed by atoms with van der Waals surface area (Å²) in [4.78, 5) is 32.8. The van der Waals surface area contributed by atoms with Gasteiger partial charge in [-0.25, -0.2) is 4.79 Å². The highest BCUT2D eigenvalue weighted by Crippen LogP contribution is 2.25. The zero-order valence-electron chi connectivity index (χ0n) is 26.1. The summed E-state index contributed by atoms with van der Waals surface area (Å²) in [7, 11) is 2.25. The smallest absolute Gasteiger partial charge is 0.410 e. The van der Waals surface area contributed by atoms with E-state index in [2.05, 4.69) is 36.2 Å². The number of likely N-dealkylation sites (tertiary alicyclic amines) is 1. The highest BCUT2D eigenvalue weighted by Gasteiger charge is 2.28. The third-order valence-electron chi connectivity index (χ3n) is 8.83. The van der Waals surface area contributed by atoms with Gasteiger partial charge in [0.15, 0.2) is 0 Å². The number of amides is 2. The van der Waals surface area contributed by atoms with E-state index in [-0.39, 0.29) is 12.0 Å². The zero-order chi connectivity index (χ0) is 29.2. The Hall–Kier alpha value is -2.60. The van der Waals surface area contributed by atoms with Crippen molar-refractivity contribution >= 4 is 22.8 Å². The van der Waals surface area contributed by atoms with E-state index < -0.39 is 5.60 Å². The highest BCUT2D eigenvalue weighted by molar-refractivity contribution is 5.90. The van der Waals surface area contributed by atoms with Gasteiger partial charge in [-0.2, -0.15) is 0 Å². The minimum absolute atomic E-state index is 0.196. The number of unbranched alkanes of at least 4 members (excludes halogenated alkanes) is 1. The first-order valence-corrected chi connectivity index (χ1v) is 16.1. The van der Waals surface area contributed by atoms with E-state index in [0.29, 0.717) is 18.9 Å². The fourth-order valence-electron chi connectivity index (χ4n) is 6.57. The van der Waals surface area contributed by atoms with Gasteiger partial charge in [0, 0.05) is 32.7 Å². The number of benzene rings is 2. The van der Waals surface area contributed by atoms with Crippen molar-refractivity contribution in [2.45, 2.75) is 90.6 Å². The molecular weight excluding hydrogens is 510 g/mol. The van der Waals surface area contributed by atoms with E-state index in [9.17, 15) is 9.59 Å². The van der Waals surface area contributed by atoms with Crippen LogP contribution in [0.2, 0.25) is 0 Å². The van der Waals surface area contributed by atoms with Crippen LogP contribution in [-0.4, -0.2) is 78.6 Å². The van der Waals surface area contributed by atoms with E-state index >= 15 is 0 Å². The highest BCUT2D eigenvalue weighted by atomic mass is 16.6. The Morgan fingerprint density at radius 2 is 1.51 bits per heavy atom. The monoisotopic (exact) mass is 563 g/mol. The molecular formula is C35H53N3O3. The van der Waals surface area contributed by atoms with Gasteiger partial charge in [0.25, 0.3) is 0 Å². The quantitative estimate of drug-likeness (QED) is 0.273. The van der Waals surface area contributed by atoms with Gasteiger partial charge in [0.1, 0.15) is 5.60 Å². The van der Waals surface area contributed by atoms with Gasteiger partial charge in [-0.1, -0.05) is 61.7 Å². The molecule has 1 heterocycles. The van der Waals surface area contributed by atoms with Crippen molar-refractivity contribution in [3.8, 4) is 0 Å². The van der Waals surface area contributed by atoms with Crippen LogP contribution in [0.5, 0.6) is 0 Å². The zero-order valence-corrected chi connectivity index (χ0v) is 26.1. The Morgan fingerprint density at radius 1 is 0.854 bits per heavy atom. The molecule has 2 aromatic carbocycles. The molecule has 4 rings (SSSR count). The van der Waals surface area contributed by atoms with Gasteiger partial charge in [0.05, 0.1) is 6.42 Å². The summed E-state index contributed by atoms with van der Waals surface area (Å²) in [5.41, 5.74) is 0.586. The number of carbonyl (C=O) groups excluding carboxylic acids is 2. The summed E-state index contributed by atoms with van der Waals surface area (Å²) >= 11 is 0. The summed E-state index contributed by atoms with van der Waals surface area (Å²) in [5.74, 6) is 1.44. The lowest BCUT2D eigenvalue weighted by Gasteiger charge is -2.35. The van der Waals surface area contributed by atoms with Crippen LogP contribution in [0.1, 0.15) is 84.1 Å². The molecule has 0 N–H and O–H groups in total. The Bertz CT molecular complexity index is 1110. The molecule has 2 amide bonds. The van der Waals surface area contributed by atoms with Crippen LogP contribution in [0.25, 0.3) is 10.8 Å². The number of ether oxygens (including phenoxy) is 1. The van der Waals surface area contributed by atoms with E-state index in [0.717, 1.165) is 68.7 Å². The second-order valence-electron chi connectivity index (χ2n) is 13.5. The molecule has 41 heavy (non-hydrogen) atoms. The molecule has 0 radical (unpaired) electrons. The van der Waals surface area contributed by atoms with Crippen molar-refractivity contribution in [2.75, 3.05) is 46.3 Å². The molecule has 2 aliphatic rings. The Balaban J connectivity index is 1.24. The molecule has 0 bridgehead atoms. The minimum atomic E-state index is -0.507. The third kappa shape index (κ3) is 10.0. The van der Waals surface area contributed by atoms with Crippen molar-refractivity contribution < 1.29 is 14.3 Å². The fraction of sp³-hybridized carbons (Fsp3) is 0.657. The molecule has 1 aliphatic heterocycles. The normalized spacial score (nSPS) is 17.2. The first kappa shape index (κ1) is 31.3. The molecule has 0 unspecified atom stereocenters. The van der Waals surface area contributed by atoms with Crippen LogP contribution in [0.15, 0.2) is 42.5 Å². The SMILES string of the molecule is CN(CCCCN(CC1CCN(C(=O)Cc2cccc3ccccc23)CC1)C(=O)OC(C)(C)C)CC1CCCCC1. The molecule has 0 aromatic heterocycles. The average molecular weight is 564 g/mol. The van der Waals surface area contributed by atoms with Gasteiger partial charge < -0.3 is 19.4 Å². The average Bonchev–Trinajstić information content (AvgIpc) is 2.95. The summed E-state index contributed by atoms with van der Waals surface area (Å²) in [6.07, 6.45) is 11.1. The van der Waals surface area contributed by atoms with Crippen molar-refractivity contribution in [2.24, 2.45) is 11.8 Å². The van der Waals surface area contributed by atoms with Crippen molar-refractivity contribution in [3.05, 3.63) is 48.0 Å². The summed E-state index contributed by atoms with van der Waals surface area (Å²) in [5, 5.41) is 2.33. The number of piperidine rings is 1. The Labute approximate surface area is 248 Å².